The molecule has 1 unspecified atom stereocenters. The normalized spacial score (nSPS) is 22.3. The van der Waals surface area contributed by atoms with Gasteiger partial charge in [0.05, 0.1) is 16.9 Å². The molecule has 2 atom stereocenters. The van der Waals surface area contributed by atoms with Crippen LogP contribution >= 0.6 is 11.8 Å². The first kappa shape index (κ1) is 19.4. The first-order chi connectivity index (χ1) is 12.9. The van der Waals surface area contributed by atoms with E-state index in [9.17, 15) is 14.9 Å². The minimum absolute atomic E-state index is 0.0760. The molecule has 27 heavy (non-hydrogen) atoms. The van der Waals surface area contributed by atoms with Crippen LogP contribution in [0.1, 0.15) is 56.1 Å². The van der Waals surface area contributed by atoms with Crippen LogP contribution in [0.3, 0.4) is 0 Å². The van der Waals surface area contributed by atoms with E-state index in [1.54, 1.807) is 0 Å². The molecule has 1 aromatic carbocycles. The van der Waals surface area contributed by atoms with Gasteiger partial charge >= 0.3 is 0 Å². The summed E-state index contributed by atoms with van der Waals surface area (Å²) < 4.78 is 0. The second kappa shape index (κ2) is 8.10. The van der Waals surface area contributed by atoms with Crippen LogP contribution in [0, 0.1) is 17.2 Å². The van der Waals surface area contributed by atoms with E-state index in [1.807, 2.05) is 12.1 Å². The molecule has 6 heteroatoms. The van der Waals surface area contributed by atoms with Crippen molar-refractivity contribution in [2.75, 3.05) is 5.75 Å². The average molecular weight is 382 g/mol. The predicted octanol–water partition coefficient (Wildman–Crippen LogP) is 3.67. The molecule has 0 saturated carbocycles. The number of primary amides is 1. The first-order valence-electron chi connectivity index (χ1n) is 9.17. The van der Waals surface area contributed by atoms with Crippen LogP contribution < -0.4 is 5.73 Å². The maximum absolute atomic E-state index is 12.7. The number of aliphatic imine (C=N–C) groups is 1. The van der Waals surface area contributed by atoms with Crippen LogP contribution in [0.15, 0.2) is 40.5 Å². The van der Waals surface area contributed by atoms with Crippen LogP contribution in [0.2, 0.25) is 0 Å². The van der Waals surface area contributed by atoms with Gasteiger partial charge in [0, 0.05) is 23.6 Å². The molecule has 1 aliphatic heterocycles. The fourth-order valence-corrected chi connectivity index (χ4v) is 4.51. The van der Waals surface area contributed by atoms with Gasteiger partial charge in [0.15, 0.2) is 5.78 Å². The molecule has 140 valence electrons. The molecule has 3 rings (SSSR count). The van der Waals surface area contributed by atoms with Gasteiger partial charge in [-0.3, -0.25) is 9.59 Å². The van der Waals surface area contributed by atoms with E-state index in [0.29, 0.717) is 23.0 Å². The highest BCUT2D eigenvalue weighted by Crippen LogP contribution is 2.44. The number of benzene rings is 1. The summed E-state index contributed by atoms with van der Waals surface area (Å²) >= 11 is 1.21. The largest absolute Gasteiger partial charge is 0.369 e. The second-order valence-electron chi connectivity index (χ2n) is 7.25. The number of carbonyl (C=O) groups is 2. The molecular weight excluding hydrogens is 358 g/mol. The number of amides is 1. The van der Waals surface area contributed by atoms with Crippen LogP contribution in [0.4, 0.5) is 0 Å². The first-order valence-corrected chi connectivity index (χ1v) is 10.2. The van der Waals surface area contributed by atoms with E-state index >= 15 is 0 Å². The van der Waals surface area contributed by atoms with Gasteiger partial charge in [-0.1, -0.05) is 49.9 Å². The molecule has 0 saturated heterocycles. The van der Waals surface area contributed by atoms with Crippen molar-refractivity contribution in [1.29, 1.82) is 5.26 Å². The standard InChI is InChI=1S/C21H23N3O2S/c1-12(2)13-6-8-14(9-7-13)19-15(10-22)21(27-11-18(23)26)24-16-4-3-5-17(25)20(16)19/h6-9,12,15,19H,3-5,11H2,1-2H3,(H2,23,26)/t15?,19-/m0/s1. The minimum atomic E-state index is -0.583. The van der Waals surface area contributed by atoms with Crippen LogP contribution in [0.5, 0.6) is 0 Å². The summed E-state index contributed by atoms with van der Waals surface area (Å²) in [5.41, 5.74) is 8.88. The van der Waals surface area contributed by atoms with E-state index in [0.717, 1.165) is 24.1 Å². The van der Waals surface area contributed by atoms with Crippen molar-refractivity contribution in [3.63, 3.8) is 0 Å². The summed E-state index contributed by atoms with van der Waals surface area (Å²) in [6, 6.07) is 10.5. The zero-order valence-electron chi connectivity index (χ0n) is 15.6. The van der Waals surface area contributed by atoms with Gasteiger partial charge in [0.2, 0.25) is 5.91 Å². The molecule has 0 aromatic heterocycles. The molecule has 0 spiro atoms. The Kier molecular flexibility index (Phi) is 5.81. The highest BCUT2D eigenvalue weighted by Gasteiger charge is 2.40. The number of rotatable bonds is 4. The summed E-state index contributed by atoms with van der Waals surface area (Å²) in [5, 5.41) is 10.5. The summed E-state index contributed by atoms with van der Waals surface area (Å²) in [4.78, 5) is 28.5. The van der Waals surface area contributed by atoms with Gasteiger partial charge in [0.25, 0.3) is 0 Å². The number of nitrogens with two attached hydrogens (primary N) is 1. The zero-order chi connectivity index (χ0) is 19.6. The lowest BCUT2D eigenvalue weighted by molar-refractivity contribution is -0.117. The summed E-state index contributed by atoms with van der Waals surface area (Å²) in [7, 11) is 0. The SMILES string of the molecule is CC(C)c1ccc([C@@H]2C3=C(CCCC3=O)N=C(SCC(N)=O)C2C#N)cc1. The van der Waals surface area contributed by atoms with Crippen LogP contribution in [-0.2, 0) is 9.59 Å². The third-order valence-electron chi connectivity index (χ3n) is 5.05. The molecule has 0 radical (unpaired) electrons. The Morgan fingerprint density at radius 2 is 2.04 bits per heavy atom. The number of nitrogens with zero attached hydrogens (tertiary/aromatic N) is 2. The Labute approximate surface area is 163 Å². The number of hydrogen-bond acceptors (Lipinski definition) is 5. The fraction of sp³-hybridized carbons (Fsp3) is 0.429. The molecule has 1 aliphatic carbocycles. The van der Waals surface area contributed by atoms with E-state index in [2.05, 4.69) is 37.0 Å². The van der Waals surface area contributed by atoms with Crippen LogP contribution in [-0.4, -0.2) is 22.5 Å². The number of Topliss-reactive ketones (excluding diaryl/α,β-unsaturated/α-hetero) is 1. The van der Waals surface area contributed by atoms with Crippen molar-refractivity contribution in [1.82, 2.24) is 0 Å². The number of allylic oxidation sites excluding steroid dienone is 2. The van der Waals surface area contributed by atoms with Gasteiger partial charge < -0.3 is 5.73 Å². The maximum Gasteiger partial charge on any atom is 0.227 e. The summed E-state index contributed by atoms with van der Waals surface area (Å²) in [6.07, 6.45) is 1.99. The summed E-state index contributed by atoms with van der Waals surface area (Å²) in [6.45, 7) is 4.26. The second-order valence-corrected chi connectivity index (χ2v) is 8.24. The molecule has 1 aromatic rings. The van der Waals surface area contributed by atoms with Crippen molar-refractivity contribution in [2.24, 2.45) is 16.6 Å². The molecule has 0 bridgehead atoms. The Morgan fingerprint density at radius 1 is 1.33 bits per heavy atom. The lowest BCUT2D eigenvalue weighted by atomic mass is 9.74. The molecule has 0 fully saturated rings. The minimum Gasteiger partial charge on any atom is -0.369 e. The molecule has 5 nitrogen and oxygen atoms in total. The van der Waals surface area contributed by atoms with E-state index in [4.69, 9.17) is 5.73 Å². The molecule has 1 amide bonds. The van der Waals surface area contributed by atoms with Gasteiger partial charge in [-0.05, 0) is 29.9 Å². The fourth-order valence-electron chi connectivity index (χ4n) is 3.67. The van der Waals surface area contributed by atoms with Crippen molar-refractivity contribution in [3.05, 3.63) is 46.7 Å². The molecular formula is C21H23N3O2S. The number of hydrogen-bond donors (Lipinski definition) is 1. The van der Waals surface area contributed by atoms with Crippen molar-refractivity contribution in [3.8, 4) is 6.07 Å². The van der Waals surface area contributed by atoms with Gasteiger partial charge in [-0.2, -0.15) is 5.26 Å². The monoisotopic (exact) mass is 381 g/mol. The van der Waals surface area contributed by atoms with Crippen molar-refractivity contribution < 1.29 is 9.59 Å². The van der Waals surface area contributed by atoms with E-state index in [-0.39, 0.29) is 17.5 Å². The summed E-state index contributed by atoms with van der Waals surface area (Å²) in [5.74, 6) is -0.806. The van der Waals surface area contributed by atoms with Crippen LogP contribution in [0.25, 0.3) is 0 Å². The quantitative estimate of drug-likeness (QED) is 0.860. The Morgan fingerprint density at radius 3 is 2.63 bits per heavy atom. The van der Waals surface area contributed by atoms with Gasteiger partial charge in [-0.25, -0.2) is 4.99 Å². The van der Waals surface area contributed by atoms with Crippen molar-refractivity contribution in [2.45, 2.75) is 44.9 Å². The lowest BCUT2D eigenvalue weighted by Crippen LogP contribution is -2.31. The van der Waals surface area contributed by atoms with Gasteiger partial charge in [-0.15, -0.1) is 0 Å². The van der Waals surface area contributed by atoms with E-state index in [1.165, 1.54) is 17.3 Å². The van der Waals surface area contributed by atoms with Gasteiger partial charge in [0.1, 0.15) is 5.92 Å². The Hall–Kier alpha value is -2.39. The number of ketones is 1. The van der Waals surface area contributed by atoms with Crippen molar-refractivity contribution >= 4 is 28.5 Å². The molecule has 2 N–H and O–H groups in total. The number of carbonyl (C=O) groups excluding carboxylic acids is 2. The topological polar surface area (TPSA) is 96.3 Å². The lowest BCUT2D eigenvalue weighted by Gasteiger charge is -2.33. The highest BCUT2D eigenvalue weighted by molar-refractivity contribution is 8.14. The third kappa shape index (κ3) is 3.98. The number of thioether (sulfide) groups is 1. The van der Waals surface area contributed by atoms with E-state index < -0.39 is 11.8 Å². The smallest absolute Gasteiger partial charge is 0.227 e. The third-order valence-corrected chi connectivity index (χ3v) is 6.12. The zero-order valence-corrected chi connectivity index (χ0v) is 16.4. The molecule has 2 aliphatic rings. The maximum atomic E-state index is 12.7. The molecule has 1 heterocycles. The highest BCUT2D eigenvalue weighted by atomic mass is 32.2. The predicted molar refractivity (Wildman–Crippen MR) is 107 cm³/mol. The Balaban J connectivity index is 2.07. The number of nitriles is 1. The Bertz CT molecular complexity index is 862. The average Bonchev–Trinajstić information content (AvgIpc) is 2.65.